The molecule has 6 heteroatoms. The molecule has 2 heterocycles. The molecular formula is C16H27N3O3. The summed E-state index contributed by atoms with van der Waals surface area (Å²) < 4.78 is 10.7. The van der Waals surface area contributed by atoms with E-state index in [9.17, 15) is 5.11 Å². The van der Waals surface area contributed by atoms with E-state index in [1.807, 2.05) is 19.1 Å². The van der Waals surface area contributed by atoms with Gasteiger partial charge in [-0.25, -0.2) is 0 Å². The molecule has 1 aliphatic rings. The van der Waals surface area contributed by atoms with Crippen molar-refractivity contribution in [2.24, 2.45) is 10.9 Å². The first-order valence-corrected chi connectivity index (χ1v) is 8.07. The van der Waals surface area contributed by atoms with E-state index >= 15 is 0 Å². The molecule has 0 spiro atoms. The second-order valence-electron chi connectivity index (χ2n) is 5.61. The van der Waals surface area contributed by atoms with E-state index < -0.39 is 0 Å². The average molecular weight is 309 g/mol. The van der Waals surface area contributed by atoms with E-state index in [1.54, 1.807) is 6.26 Å². The van der Waals surface area contributed by atoms with Crippen molar-refractivity contribution in [1.29, 1.82) is 0 Å². The van der Waals surface area contributed by atoms with Crippen LogP contribution in [0.5, 0.6) is 0 Å². The third kappa shape index (κ3) is 5.69. The molecule has 124 valence electrons. The molecule has 0 saturated carbocycles. The number of nitrogens with one attached hydrogen (secondary N) is 2. The summed E-state index contributed by atoms with van der Waals surface area (Å²) in [5, 5.41) is 15.9. The molecule has 0 amide bonds. The third-order valence-corrected chi connectivity index (χ3v) is 3.83. The molecule has 0 radical (unpaired) electrons. The first-order valence-electron chi connectivity index (χ1n) is 8.07. The Balaban J connectivity index is 1.83. The Kier molecular flexibility index (Phi) is 7.25. The van der Waals surface area contributed by atoms with Crippen molar-refractivity contribution in [3.8, 4) is 0 Å². The second-order valence-corrected chi connectivity index (χ2v) is 5.61. The number of rotatable bonds is 8. The zero-order valence-corrected chi connectivity index (χ0v) is 13.3. The number of guanidine groups is 1. The molecule has 0 aliphatic carbocycles. The maximum atomic E-state index is 9.35. The van der Waals surface area contributed by atoms with Crippen molar-refractivity contribution < 1.29 is 14.3 Å². The van der Waals surface area contributed by atoms with Gasteiger partial charge in [0.15, 0.2) is 5.96 Å². The quantitative estimate of drug-likeness (QED) is 0.496. The van der Waals surface area contributed by atoms with Gasteiger partial charge in [-0.1, -0.05) is 6.92 Å². The summed E-state index contributed by atoms with van der Waals surface area (Å²) in [7, 11) is 0. The lowest BCUT2D eigenvalue weighted by Gasteiger charge is -2.19. The number of aliphatic imine (C=N–C) groups is 1. The maximum absolute atomic E-state index is 9.35. The Labute approximate surface area is 132 Å². The molecule has 1 aromatic heterocycles. The van der Waals surface area contributed by atoms with Crippen LogP contribution in [0.4, 0.5) is 0 Å². The summed E-state index contributed by atoms with van der Waals surface area (Å²) in [5.41, 5.74) is 0. The Morgan fingerprint density at radius 3 is 3.09 bits per heavy atom. The van der Waals surface area contributed by atoms with E-state index in [2.05, 4.69) is 15.6 Å². The van der Waals surface area contributed by atoms with Crippen LogP contribution in [-0.4, -0.2) is 50.0 Å². The van der Waals surface area contributed by atoms with Crippen molar-refractivity contribution >= 4 is 5.96 Å². The fourth-order valence-corrected chi connectivity index (χ4v) is 2.33. The number of ether oxygens (including phenoxy) is 1. The molecule has 22 heavy (non-hydrogen) atoms. The summed E-state index contributed by atoms with van der Waals surface area (Å²) in [6.45, 7) is 5.25. The Hall–Kier alpha value is -1.53. The number of furan rings is 1. The van der Waals surface area contributed by atoms with Crippen LogP contribution in [0.25, 0.3) is 0 Å². The molecule has 0 bridgehead atoms. The number of aliphatic hydroxyl groups excluding tert-OH is 1. The van der Waals surface area contributed by atoms with Gasteiger partial charge in [-0.2, -0.15) is 0 Å². The van der Waals surface area contributed by atoms with Gasteiger partial charge in [-0.3, -0.25) is 4.99 Å². The average Bonchev–Trinajstić information content (AvgIpc) is 3.22. The maximum Gasteiger partial charge on any atom is 0.191 e. The van der Waals surface area contributed by atoms with Crippen LogP contribution in [0.15, 0.2) is 27.8 Å². The molecule has 1 saturated heterocycles. The van der Waals surface area contributed by atoms with E-state index in [0.29, 0.717) is 5.92 Å². The SMILES string of the molecule is CC[C@H](CO)NC(=NCC1CCOC1)NCCc1ccco1. The molecule has 1 unspecified atom stereocenters. The molecule has 1 aliphatic heterocycles. The van der Waals surface area contributed by atoms with E-state index in [4.69, 9.17) is 9.15 Å². The summed E-state index contributed by atoms with van der Waals surface area (Å²) in [4.78, 5) is 4.63. The van der Waals surface area contributed by atoms with Crippen LogP contribution in [0.2, 0.25) is 0 Å². The van der Waals surface area contributed by atoms with Crippen molar-refractivity contribution in [3.63, 3.8) is 0 Å². The number of hydrogen-bond donors (Lipinski definition) is 3. The van der Waals surface area contributed by atoms with Gasteiger partial charge in [0.1, 0.15) is 5.76 Å². The summed E-state index contributed by atoms with van der Waals surface area (Å²) in [5.74, 6) is 2.20. The highest BCUT2D eigenvalue weighted by Gasteiger charge is 2.15. The molecule has 0 aromatic carbocycles. The minimum absolute atomic E-state index is 0.0229. The smallest absolute Gasteiger partial charge is 0.191 e. The van der Waals surface area contributed by atoms with Gasteiger partial charge in [-0.15, -0.1) is 0 Å². The van der Waals surface area contributed by atoms with Crippen molar-refractivity contribution in [1.82, 2.24) is 10.6 Å². The van der Waals surface area contributed by atoms with Crippen LogP contribution in [0, 0.1) is 5.92 Å². The lowest BCUT2D eigenvalue weighted by atomic mass is 10.1. The van der Waals surface area contributed by atoms with Gasteiger partial charge in [0.2, 0.25) is 0 Å². The lowest BCUT2D eigenvalue weighted by Crippen LogP contribution is -2.45. The fraction of sp³-hybridized carbons (Fsp3) is 0.688. The molecule has 1 aromatic rings. The second kappa shape index (κ2) is 9.48. The van der Waals surface area contributed by atoms with Gasteiger partial charge >= 0.3 is 0 Å². The zero-order chi connectivity index (χ0) is 15.6. The van der Waals surface area contributed by atoms with Gasteiger partial charge in [0, 0.05) is 32.0 Å². The van der Waals surface area contributed by atoms with E-state index in [1.165, 1.54) is 0 Å². The summed E-state index contributed by atoms with van der Waals surface area (Å²) in [6, 6.07) is 3.88. The topological polar surface area (TPSA) is 79.0 Å². The largest absolute Gasteiger partial charge is 0.469 e. The Morgan fingerprint density at radius 1 is 1.55 bits per heavy atom. The van der Waals surface area contributed by atoms with Crippen LogP contribution in [-0.2, 0) is 11.2 Å². The summed E-state index contributed by atoms with van der Waals surface area (Å²) >= 11 is 0. The first-order chi connectivity index (χ1) is 10.8. The van der Waals surface area contributed by atoms with Crippen molar-refractivity contribution in [2.75, 3.05) is 32.9 Å². The Bertz CT molecular complexity index is 424. The minimum Gasteiger partial charge on any atom is -0.469 e. The molecule has 6 nitrogen and oxygen atoms in total. The van der Waals surface area contributed by atoms with Gasteiger partial charge < -0.3 is 24.9 Å². The number of aliphatic hydroxyl groups is 1. The molecule has 3 N–H and O–H groups in total. The highest BCUT2D eigenvalue weighted by Crippen LogP contribution is 2.12. The third-order valence-electron chi connectivity index (χ3n) is 3.83. The van der Waals surface area contributed by atoms with E-state index in [-0.39, 0.29) is 12.6 Å². The van der Waals surface area contributed by atoms with Crippen molar-refractivity contribution in [3.05, 3.63) is 24.2 Å². The van der Waals surface area contributed by atoms with Crippen LogP contribution >= 0.6 is 0 Å². The molecule has 1 fully saturated rings. The number of hydrogen-bond acceptors (Lipinski definition) is 4. The van der Waals surface area contributed by atoms with Gasteiger partial charge in [0.05, 0.1) is 25.5 Å². The van der Waals surface area contributed by atoms with Gasteiger partial charge in [0.25, 0.3) is 0 Å². The van der Waals surface area contributed by atoms with Gasteiger partial charge in [-0.05, 0) is 25.0 Å². The number of nitrogens with zero attached hydrogens (tertiary/aromatic N) is 1. The lowest BCUT2D eigenvalue weighted by molar-refractivity contribution is 0.187. The minimum atomic E-state index is 0.0229. The molecule has 2 rings (SSSR count). The molecule has 2 atom stereocenters. The van der Waals surface area contributed by atoms with Crippen LogP contribution in [0.1, 0.15) is 25.5 Å². The van der Waals surface area contributed by atoms with Crippen LogP contribution < -0.4 is 10.6 Å². The Morgan fingerprint density at radius 2 is 2.45 bits per heavy atom. The standard InChI is InChI=1S/C16H27N3O3/c1-2-14(11-20)19-16(18-10-13-6-9-21-12-13)17-7-5-15-4-3-8-22-15/h3-4,8,13-14,20H,2,5-7,9-12H2,1H3,(H2,17,18,19)/t13?,14-/m1/s1. The monoisotopic (exact) mass is 309 g/mol. The van der Waals surface area contributed by atoms with Crippen molar-refractivity contribution in [2.45, 2.75) is 32.2 Å². The summed E-state index contributed by atoms with van der Waals surface area (Å²) in [6.07, 6.45) is 4.40. The fourth-order valence-electron chi connectivity index (χ4n) is 2.33. The predicted molar refractivity (Wildman–Crippen MR) is 85.9 cm³/mol. The van der Waals surface area contributed by atoms with E-state index in [0.717, 1.165) is 57.3 Å². The molecular weight excluding hydrogens is 282 g/mol. The highest BCUT2D eigenvalue weighted by atomic mass is 16.5. The zero-order valence-electron chi connectivity index (χ0n) is 13.3. The van der Waals surface area contributed by atoms with Crippen LogP contribution in [0.3, 0.4) is 0 Å². The predicted octanol–water partition coefficient (Wildman–Crippen LogP) is 1.16. The normalized spacial score (nSPS) is 20.1. The first kappa shape index (κ1) is 16.8. The highest BCUT2D eigenvalue weighted by molar-refractivity contribution is 5.80.